The van der Waals surface area contributed by atoms with Gasteiger partial charge in [0.25, 0.3) is 0 Å². The van der Waals surface area contributed by atoms with Gasteiger partial charge in [-0.25, -0.2) is 0 Å². The van der Waals surface area contributed by atoms with Crippen molar-refractivity contribution in [3.63, 3.8) is 0 Å². The first-order valence-electron chi connectivity index (χ1n) is 13.9. The molecule has 0 aromatic heterocycles. The standard InChI is InChI=1S/C33H30N2O5/c1-35-11-9-21-15-27(37)32-33-31(21)25(35)13-18-2-5-22(6-3-18)38-28-14-19(4-7-26(28)36)12-24-23-17-30(40-33)29(39-32)16-20(23)8-10-34-24/h2-7,14-17,24-25,34,36-37H,8-13H2,1H3. The maximum absolute atomic E-state index is 11.0. The topological polar surface area (TPSA) is 83.4 Å². The van der Waals surface area contributed by atoms with Crippen LogP contribution >= 0.6 is 0 Å². The summed E-state index contributed by atoms with van der Waals surface area (Å²) < 4.78 is 19.2. The molecule has 0 amide bonds. The molecule has 0 spiro atoms. The number of aromatic hydroxyl groups is 2. The number of ether oxygens (including phenoxy) is 3. The first-order chi connectivity index (χ1) is 19.5. The fourth-order valence-electron chi connectivity index (χ4n) is 6.65. The first-order valence-corrected chi connectivity index (χ1v) is 13.9. The highest BCUT2D eigenvalue weighted by Crippen LogP contribution is 2.56. The van der Waals surface area contributed by atoms with Gasteiger partial charge in [0.1, 0.15) is 5.75 Å². The van der Waals surface area contributed by atoms with Crippen molar-refractivity contribution in [1.82, 2.24) is 10.2 Å². The average molecular weight is 535 g/mol. The number of phenolic OH excluding ortho intramolecular Hbond substituents is 2. The fraction of sp³-hybridized carbons (Fsp3) is 0.273. The summed E-state index contributed by atoms with van der Waals surface area (Å²) in [7, 11) is 2.14. The fourth-order valence-corrected chi connectivity index (χ4v) is 6.65. The van der Waals surface area contributed by atoms with Crippen LogP contribution in [-0.2, 0) is 25.7 Å². The van der Waals surface area contributed by atoms with Crippen molar-refractivity contribution < 1.29 is 24.4 Å². The van der Waals surface area contributed by atoms with Crippen LogP contribution in [0.1, 0.15) is 45.5 Å². The van der Waals surface area contributed by atoms with Crippen molar-refractivity contribution >= 4 is 0 Å². The molecule has 0 saturated carbocycles. The molecule has 3 N–H and O–H groups in total. The lowest BCUT2D eigenvalue weighted by Crippen LogP contribution is -2.34. The molecule has 4 aromatic carbocycles. The highest BCUT2D eigenvalue weighted by molar-refractivity contribution is 5.67. The Balaban J connectivity index is 1.32. The molecule has 7 heteroatoms. The summed E-state index contributed by atoms with van der Waals surface area (Å²) in [5.41, 5.74) is 6.74. The highest BCUT2D eigenvalue weighted by atomic mass is 16.6. The maximum Gasteiger partial charge on any atom is 0.212 e. The molecule has 40 heavy (non-hydrogen) atoms. The highest BCUT2D eigenvalue weighted by Gasteiger charge is 2.36. The van der Waals surface area contributed by atoms with E-state index in [1.807, 2.05) is 30.3 Å². The number of rotatable bonds is 0. The number of phenols is 2. The van der Waals surface area contributed by atoms with Gasteiger partial charge in [-0.2, -0.15) is 0 Å². The summed E-state index contributed by atoms with van der Waals surface area (Å²) in [5, 5.41) is 25.2. The molecule has 0 radical (unpaired) electrons. The Labute approximate surface area is 232 Å². The Morgan fingerprint density at radius 2 is 1.55 bits per heavy atom. The molecule has 0 saturated heterocycles. The Hall–Kier alpha value is -4.20. The van der Waals surface area contributed by atoms with Crippen LogP contribution in [0, 0.1) is 0 Å². The van der Waals surface area contributed by atoms with Crippen molar-refractivity contribution in [2.24, 2.45) is 0 Å². The molecule has 9 rings (SSSR count). The van der Waals surface area contributed by atoms with Gasteiger partial charge in [-0.15, -0.1) is 0 Å². The van der Waals surface area contributed by atoms with E-state index in [0.29, 0.717) is 34.5 Å². The van der Waals surface area contributed by atoms with Gasteiger partial charge >= 0.3 is 0 Å². The quantitative estimate of drug-likeness (QED) is 0.215. The second kappa shape index (κ2) is 8.91. The van der Waals surface area contributed by atoms with Crippen LogP contribution in [0.2, 0.25) is 0 Å². The molecule has 2 unspecified atom stereocenters. The smallest absolute Gasteiger partial charge is 0.212 e. The van der Waals surface area contributed by atoms with Crippen LogP contribution in [0.25, 0.3) is 0 Å². The number of benzene rings is 4. The van der Waals surface area contributed by atoms with Gasteiger partial charge in [-0.3, -0.25) is 4.90 Å². The zero-order valence-corrected chi connectivity index (χ0v) is 22.2. The van der Waals surface area contributed by atoms with Crippen LogP contribution < -0.4 is 19.5 Å². The summed E-state index contributed by atoms with van der Waals surface area (Å²) in [4.78, 5) is 2.34. The minimum Gasteiger partial charge on any atom is -0.504 e. The second-order valence-electron chi connectivity index (χ2n) is 11.3. The van der Waals surface area contributed by atoms with Gasteiger partial charge in [0.05, 0.1) is 0 Å². The lowest BCUT2D eigenvalue weighted by atomic mass is 9.87. The van der Waals surface area contributed by atoms with E-state index in [1.165, 1.54) is 11.1 Å². The number of nitrogens with zero attached hydrogens (tertiary/aromatic N) is 1. The summed E-state index contributed by atoms with van der Waals surface area (Å²) in [6.07, 6.45) is 3.18. The normalized spacial score (nSPS) is 20.6. The van der Waals surface area contributed by atoms with E-state index in [2.05, 4.69) is 41.5 Å². The van der Waals surface area contributed by atoms with Crippen LogP contribution in [-0.4, -0.2) is 35.3 Å². The Kier molecular flexibility index (Phi) is 5.27. The number of hydrogen-bond acceptors (Lipinski definition) is 7. The van der Waals surface area contributed by atoms with Gasteiger partial charge < -0.3 is 29.7 Å². The first kappa shape index (κ1) is 23.7. The predicted molar refractivity (Wildman–Crippen MR) is 150 cm³/mol. The van der Waals surface area contributed by atoms with Gasteiger partial charge in [0, 0.05) is 24.2 Å². The van der Waals surface area contributed by atoms with Gasteiger partial charge in [0.2, 0.25) is 5.75 Å². The lowest BCUT2D eigenvalue weighted by molar-refractivity contribution is 0.220. The summed E-state index contributed by atoms with van der Waals surface area (Å²) >= 11 is 0. The number of likely N-dealkylation sites (N-methyl/N-ethyl adjacent to an activating group) is 1. The summed E-state index contributed by atoms with van der Waals surface area (Å²) in [6, 6.07) is 19.7. The number of hydrogen-bond donors (Lipinski definition) is 3. The number of fused-ring (bicyclic) bond motifs is 2. The van der Waals surface area contributed by atoms with Crippen molar-refractivity contribution in [3.8, 4) is 46.0 Å². The van der Waals surface area contributed by atoms with E-state index in [4.69, 9.17) is 14.2 Å². The number of nitrogens with one attached hydrogen (secondary N) is 1. The molecule has 0 aliphatic carbocycles. The van der Waals surface area contributed by atoms with Crippen LogP contribution in [0.3, 0.4) is 0 Å². The van der Waals surface area contributed by atoms with Crippen LogP contribution in [0.15, 0.2) is 60.7 Å². The molecule has 7 nitrogen and oxygen atoms in total. The van der Waals surface area contributed by atoms with Crippen molar-refractivity contribution in [2.45, 2.75) is 37.8 Å². The third-order valence-corrected chi connectivity index (χ3v) is 8.77. The SMILES string of the molecule is CN1CCc2cc(O)c3c4c2C1Cc1ccc(cc1)Oc1cc(ccc1O)CC1NCCc2cc(c(cc21)O4)O3. The van der Waals surface area contributed by atoms with Crippen LogP contribution in [0.4, 0.5) is 0 Å². The van der Waals surface area contributed by atoms with Crippen LogP contribution in [0.5, 0.6) is 46.0 Å². The van der Waals surface area contributed by atoms with Gasteiger partial charge in [0.15, 0.2) is 34.5 Å². The Morgan fingerprint density at radius 3 is 2.42 bits per heavy atom. The largest absolute Gasteiger partial charge is 0.504 e. The van der Waals surface area contributed by atoms with E-state index in [-0.39, 0.29) is 23.6 Å². The van der Waals surface area contributed by atoms with E-state index < -0.39 is 0 Å². The third kappa shape index (κ3) is 3.80. The second-order valence-corrected chi connectivity index (χ2v) is 11.3. The van der Waals surface area contributed by atoms with Crippen molar-refractivity contribution in [1.29, 1.82) is 0 Å². The molecular formula is C33H30N2O5. The maximum atomic E-state index is 11.0. The molecule has 202 valence electrons. The van der Waals surface area contributed by atoms with E-state index in [9.17, 15) is 10.2 Å². The average Bonchev–Trinajstić information content (AvgIpc) is 2.95. The van der Waals surface area contributed by atoms with Gasteiger partial charge in [-0.05, 0) is 110 Å². The molecule has 5 aliphatic heterocycles. The molecule has 5 aliphatic rings. The third-order valence-electron chi connectivity index (χ3n) is 8.77. The Bertz CT molecular complexity index is 1670. The molecule has 5 heterocycles. The van der Waals surface area contributed by atoms with Crippen molar-refractivity contribution in [2.75, 3.05) is 20.1 Å². The van der Waals surface area contributed by atoms with E-state index in [0.717, 1.165) is 61.0 Å². The summed E-state index contributed by atoms with van der Waals surface area (Å²) in [6.45, 7) is 1.72. The van der Waals surface area contributed by atoms with E-state index in [1.54, 1.807) is 6.07 Å². The molecule has 7 bridgehead atoms. The predicted octanol–water partition coefficient (Wildman–Crippen LogP) is 6.30. The zero-order valence-electron chi connectivity index (χ0n) is 22.2. The monoisotopic (exact) mass is 534 g/mol. The van der Waals surface area contributed by atoms with E-state index >= 15 is 0 Å². The summed E-state index contributed by atoms with van der Waals surface area (Å²) in [5.74, 6) is 3.66. The van der Waals surface area contributed by atoms with Crippen molar-refractivity contribution in [3.05, 3.63) is 94.0 Å². The van der Waals surface area contributed by atoms with Gasteiger partial charge in [-0.1, -0.05) is 18.2 Å². The Morgan fingerprint density at radius 1 is 0.750 bits per heavy atom. The minimum absolute atomic E-state index is 0.0432. The molecule has 4 aromatic rings. The zero-order chi connectivity index (χ0) is 27.0. The molecule has 2 atom stereocenters. The minimum atomic E-state index is 0.0432. The molecular weight excluding hydrogens is 504 g/mol. The lowest BCUT2D eigenvalue weighted by Gasteiger charge is -2.38. The molecule has 0 fully saturated rings.